The van der Waals surface area contributed by atoms with Gasteiger partial charge in [-0.2, -0.15) is 4.98 Å². The highest BCUT2D eigenvalue weighted by atomic mass is 16.6. The van der Waals surface area contributed by atoms with Crippen LogP contribution in [0, 0.1) is 0 Å². The summed E-state index contributed by atoms with van der Waals surface area (Å²) in [6.07, 6.45) is 4.08. The Morgan fingerprint density at radius 1 is 1.30 bits per heavy atom. The lowest BCUT2D eigenvalue weighted by Crippen LogP contribution is -2.33. The number of nitrogens with two attached hydrogens (primary N) is 2. The number of aromatic nitrogens is 2. The summed E-state index contributed by atoms with van der Waals surface area (Å²) in [7, 11) is 0. The molecule has 0 radical (unpaired) electrons. The Morgan fingerprint density at radius 2 is 1.96 bits per heavy atom. The Hall–Kier alpha value is -2.25. The topological polar surface area (TPSA) is 128 Å². The van der Waals surface area contributed by atoms with E-state index in [9.17, 15) is 4.79 Å². The summed E-state index contributed by atoms with van der Waals surface area (Å²) in [5, 5.41) is 6.59. The Bertz CT molecular complexity index is 549. The van der Waals surface area contributed by atoms with Gasteiger partial charge in [0.2, 0.25) is 5.95 Å². The number of carbonyl (C=O) groups is 1. The van der Waals surface area contributed by atoms with Crippen molar-refractivity contribution >= 4 is 23.5 Å². The van der Waals surface area contributed by atoms with Gasteiger partial charge in [-0.1, -0.05) is 0 Å². The minimum Gasteiger partial charge on any atom is -0.446 e. The smallest absolute Gasteiger partial charge is 0.404 e. The van der Waals surface area contributed by atoms with Crippen LogP contribution in [0.4, 0.5) is 22.2 Å². The first-order valence-electron chi connectivity index (χ1n) is 7.86. The molecule has 23 heavy (non-hydrogen) atoms. The third kappa shape index (κ3) is 5.46. The summed E-state index contributed by atoms with van der Waals surface area (Å²) in [5.41, 5.74) is 11.4. The molecule has 1 aromatic heterocycles. The molecule has 0 aromatic carbocycles. The molecule has 0 bridgehead atoms. The number of amides is 1. The number of hydrogen-bond donors (Lipinski definition) is 4. The highest BCUT2D eigenvalue weighted by molar-refractivity contribution is 5.65. The number of carbonyl (C=O) groups excluding carboxylic acids is 1. The van der Waals surface area contributed by atoms with Crippen LogP contribution in [0.25, 0.3) is 0 Å². The minimum absolute atomic E-state index is 0.0913. The van der Waals surface area contributed by atoms with Gasteiger partial charge in [0.15, 0.2) is 5.82 Å². The molecule has 1 fully saturated rings. The third-order valence-corrected chi connectivity index (χ3v) is 3.60. The van der Waals surface area contributed by atoms with Gasteiger partial charge in [-0.05, 0) is 46.5 Å². The molecule has 0 aliphatic heterocycles. The maximum Gasteiger partial charge on any atom is 0.404 e. The molecule has 0 atom stereocenters. The predicted molar refractivity (Wildman–Crippen MR) is 90.2 cm³/mol. The monoisotopic (exact) mass is 322 g/mol. The number of ether oxygens (including phenoxy) is 1. The second-order valence-corrected chi connectivity index (χ2v) is 6.93. The maximum absolute atomic E-state index is 10.8. The summed E-state index contributed by atoms with van der Waals surface area (Å²) in [6, 6.07) is 0.238. The molecule has 1 heterocycles. The zero-order valence-electron chi connectivity index (χ0n) is 13.9. The largest absolute Gasteiger partial charge is 0.446 e. The van der Waals surface area contributed by atoms with Crippen molar-refractivity contribution in [2.45, 2.75) is 64.1 Å². The number of nitrogen functional groups attached to an aromatic ring is 1. The second-order valence-electron chi connectivity index (χ2n) is 6.93. The summed E-state index contributed by atoms with van der Waals surface area (Å²) in [5.74, 6) is 1.17. The van der Waals surface area contributed by atoms with Crippen LogP contribution in [-0.4, -0.2) is 33.7 Å². The summed E-state index contributed by atoms with van der Waals surface area (Å²) < 4.78 is 5.04. The third-order valence-electron chi connectivity index (χ3n) is 3.60. The van der Waals surface area contributed by atoms with E-state index in [0.29, 0.717) is 17.5 Å². The SMILES string of the molecule is CC(C)(C)Nc1ncc(N)c(NC2CCC(OC(N)=O)CC2)n1. The fourth-order valence-electron chi connectivity index (χ4n) is 2.59. The van der Waals surface area contributed by atoms with Crippen molar-refractivity contribution in [3.8, 4) is 0 Å². The first kappa shape index (κ1) is 17.1. The van der Waals surface area contributed by atoms with Gasteiger partial charge < -0.3 is 26.8 Å². The van der Waals surface area contributed by atoms with Crippen LogP contribution in [0.15, 0.2) is 6.20 Å². The molecular weight excluding hydrogens is 296 g/mol. The average Bonchev–Trinajstić information content (AvgIpc) is 2.42. The second kappa shape index (κ2) is 6.89. The highest BCUT2D eigenvalue weighted by Crippen LogP contribution is 2.26. The predicted octanol–water partition coefficient (Wildman–Crippen LogP) is 2.09. The lowest BCUT2D eigenvalue weighted by Gasteiger charge is -2.29. The maximum atomic E-state index is 10.8. The van der Waals surface area contributed by atoms with Gasteiger partial charge in [-0.3, -0.25) is 0 Å². The molecule has 1 aliphatic carbocycles. The Balaban J connectivity index is 1.95. The quantitative estimate of drug-likeness (QED) is 0.668. The average molecular weight is 322 g/mol. The van der Waals surface area contributed by atoms with Gasteiger partial charge in [0.1, 0.15) is 6.10 Å². The lowest BCUT2D eigenvalue weighted by atomic mass is 9.93. The van der Waals surface area contributed by atoms with E-state index in [2.05, 4.69) is 20.6 Å². The molecule has 1 aliphatic rings. The normalized spacial score (nSPS) is 21.5. The Kier molecular flexibility index (Phi) is 5.12. The number of rotatable bonds is 4. The van der Waals surface area contributed by atoms with Crippen molar-refractivity contribution in [3.63, 3.8) is 0 Å². The lowest BCUT2D eigenvalue weighted by molar-refractivity contribution is 0.0805. The number of nitrogens with zero attached hydrogens (tertiary/aromatic N) is 2. The Labute approximate surface area is 136 Å². The molecule has 8 heteroatoms. The molecule has 1 aromatic rings. The molecule has 1 amide bonds. The van der Waals surface area contributed by atoms with Crippen LogP contribution < -0.4 is 22.1 Å². The van der Waals surface area contributed by atoms with Crippen LogP contribution in [-0.2, 0) is 4.74 Å². The molecule has 8 nitrogen and oxygen atoms in total. The van der Waals surface area contributed by atoms with Crippen molar-refractivity contribution in [1.29, 1.82) is 0 Å². The first-order valence-corrected chi connectivity index (χ1v) is 7.86. The fraction of sp³-hybridized carbons (Fsp3) is 0.667. The Morgan fingerprint density at radius 3 is 2.52 bits per heavy atom. The van der Waals surface area contributed by atoms with Crippen LogP contribution in [0.2, 0.25) is 0 Å². The molecule has 0 unspecified atom stereocenters. The number of primary amides is 1. The van der Waals surface area contributed by atoms with E-state index in [0.717, 1.165) is 25.7 Å². The highest BCUT2D eigenvalue weighted by Gasteiger charge is 2.24. The molecule has 1 saturated carbocycles. The first-order chi connectivity index (χ1) is 10.7. The standard InChI is InChI=1S/C15H26N6O2/c1-15(2,3)21-14-18-8-11(16)12(20-14)19-9-4-6-10(7-5-9)23-13(17)22/h8-10H,4-7,16H2,1-3H3,(H2,17,22)(H2,18,19,20,21). The number of hydrogen-bond acceptors (Lipinski definition) is 7. The van der Waals surface area contributed by atoms with Crippen LogP contribution in [0.5, 0.6) is 0 Å². The van der Waals surface area contributed by atoms with Gasteiger partial charge >= 0.3 is 6.09 Å². The summed E-state index contributed by atoms with van der Waals surface area (Å²) in [4.78, 5) is 19.4. The minimum atomic E-state index is -0.709. The van der Waals surface area contributed by atoms with E-state index >= 15 is 0 Å². The van der Waals surface area contributed by atoms with Gasteiger partial charge in [0.05, 0.1) is 11.9 Å². The van der Waals surface area contributed by atoms with Crippen molar-refractivity contribution in [3.05, 3.63) is 6.20 Å². The zero-order valence-corrected chi connectivity index (χ0v) is 13.9. The molecule has 0 saturated heterocycles. The number of anilines is 3. The molecule has 0 spiro atoms. The van der Waals surface area contributed by atoms with Crippen molar-refractivity contribution in [1.82, 2.24) is 9.97 Å². The molecular formula is C15H26N6O2. The molecule has 6 N–H and O–H groups in total. The summed E-state index contributed by atoms with van der Waals surface area (Å²) >= 11 is 0. The van der Waals surface area contributed by atoms with E-state index in [1.165, 1.54) is 0 Å². The number of nitrogens with one attached hydrogen (secondary N) is 2. The van der Waals surface area contributed by atoms with E-state index in [1.54, 1.807) is 6.20 Å². The van der Waals surface area contributed by atoms with Gasteiger partial charge in [0.25, 0.3) is 0 Å². The molecule has 128 valence electrons. The van der Waals surface area contributed by atoms with Gasteiger partial charge in [-0.25, -0.2) is 9.78 Å². The van der Waals surface area contributed by atoms with E-state index in [-0.39, 0.29) is 17.7 Å². The molecule has 2 rings (SSSR count). The fourth-order valence-corrected chi connectivity index (χ4v) is 2.59. The van der Waals surface area contributed by atoms with Crippen LogP contribution in [0.3, 0.4) is 0 Å². The van der Waals surface area contributed by atoms with E-state index in [4.69, 9.17) is 16.2 Å². The van der Waals surface area contributed by atoms with Crippen LogP contribution in [0.1, 0.15) is 46.5 Å². The van der Waals surface area contributed by atoms with E-state index < -0.39 is 6.09 Å². The zero-order chi connectivity index (χ0) is 17.0. The van der Waals surface area contributed by atoms with Crippen LogP contribution >= 0.6 is 0 Å². The summed E-state index contributed by atoms with van der Waals surface area (Å²) in [6.45, 7) is 6.12. The van der Waals surface area contributed by atoms with Gasteiger partial charge in [0, 0.05) is 11.6 Å². The van der Waals surface area contributed by atoms with E-state index in [1.807, 2.05) is 20.8 Å². The van der Waals surface area contributed by atoms with Crippen molar-refractivity contribution in [2.24, 2.45) is 5.73 Å². The van der Waals surface area contributed by atoms with Crippen molar-refractivity contribution < 1.29 is 9.53 Å². The van der Waals surface area contributed by atoms with Crippen molar-refractivity contribution in [2.75, 3.05) is 16.4 Å². The van der Waals surface area contributed by atoms with Gasteiger partial charge in [-0.15, -0.1) is 0 Å².